The number of hydrogen-bond donors (Lipinski definition) is 1. The number of rotatable bonds is 5. The predicted molar refractivity (Wildman–Crippen MR) is 78.8 cm³/mol. The zero-order valence-corrected chi connectivity index (χ0v) is 11.9. The Morgan fingerprint density at radius 1 is 1.41 bits per heavy atom. The van der Waals surface area contributed by atoms with Crippen LogP contribution in [-0.4, -0.2) is 6.54 Å². The average molecular weight is 263 g/mol. The van der Waals surface area contributed by atoms with E-state index >= 15 is 0 Å². The highest BCUT2D eigenvalue weighted by atomic mass is 32.1. The smallest absolute Gasteiger partial charge is 0.0526 e. The van der Waals surface area contributed by atoms with Crippen LogP contribution >= 0.6 is 22.7 Å². The van der Waals surface area contributed by atoms with Crippen molar-refractivity contribution in [3.63, 3.8) is 0 Å². The van der Waals surface area contributed by atoms with Crippen molar-refractivity contribution in [3.05, 3.63) is 22.4 Å². The Kier molecular flexibility index (Phi) is 4.61. The summed E-state index contributed by atoms with van der Waals surface area (Å²) in [5.41, 5.74) is 0. The highest BCUT2D eigenvalue weighted by Crippen LogP contribution is 2.34. The molecule has 0 saturated heterocycles. The van der Waals surface area contributed by atoms with Crippen molar-refractivity contribution in [1.82, 2.24) is 5.32 Å². The number of thiophene rings is 2. The summed E-state index contributed by atoms with van der Waals surface area (Å²) < 4.78 is 2.80. The van der Waals surface area contributed by atoms with Crippen LogP contribution in [0.15, 0.2) is 17.5 Å². The van der Waals surface area contributed by atoms with E-state index in [0.29, 0.717) is 6.04 Å². The molecule has 2 aromatic rings. The topological polar surface area (TPSA) is 12.0 Å². The Labute approximate surface area is 111 Å². The van der Waals surface area contributed by atoms with Gasteiger partial charge in [0.05, 0.1) is 6.04 Å². The van der Waals surface area contributed by atoms with Crippen LogP contribution in [0.4, 0.5) is 0 Å². The monoisotopic (exact) mass is 263 g/mol. The zero-order chi connectivity index (χ0) is 12.1. The second-order valence-electron chi connectivity index (χ2n) is 3.94. The van der Waals surface area contributed by atoms with Gasteiger partial charge in [0.1, 0.15) is 0 Å². The molecule has 0 bridgehead atoms. The van der Waals surface area contributed by atoms with Gasteiger partial charge in [-0.25, -0.2) is 0 Å². The van der Waals surface area contributed by atoms with Gasteiger partial charge >= 0.3 is 0 Å². The van der Waals surface area contributed by atoms with Crippen molar-refractivity contribution >= 4 is 32.1 Å². The molecule has 90 valence electrons. The molecule has 0 spiro atoms. The van der Waals surface area contributed by atoms with Crippen LogP contribution in [0.3, 0.4) is 0 Å². The maximum absolute atomic E-state index is 3.58. The Hall–Kier alpha value is -0.820. The first-order chi connectivity index (χ1) is 8.35. The highest BCUT2D eigenvalue weighted by molar-refractivity contribution is 7.26. The van der Waals surface area contributed by atoms with Crippen molar-refractivity contribution in [3.8, 4) is 11.8 Å². The molecule has 0 fully saturated rings. The van der Waals surface area contributed by atoms with E-state index in [2.05, 4.69) is 41.6 Å². The van der Waals surface area contributed by atoms with Gasteiger partial charge in [-0.05, 0) is 37.4 Å². The van der Waals surface area contributed by atoms with Gasteiger partial charge in [0.25, 0.3) is 0 Å². The Morgan fingerprint density at radius 2 is 2.29 bits per heavy atom. The molecule has 1 atom stereocenters. The molecule has 3 heteroatoms. The van der Waals surface area contributed by atoms with Gasteiger partial charge in [-0.2, -0.15) is 0 Å². The molecule has 0 aliphatic heterocycles. The van der Waals surface area contributed by atoms with E-state index in [1.807, 2.05) is 29.6 Å². The standard InChI is InChI=1S/C14H17NS2/c1-3-5-6-11(15-8-4-2)13-10-14-12(17-13)7-9-16-14/h7,9-11,15H,4,6,8H2,1-2H3. The lowest BCUT2D eigenvalue weighted by Crippen LogP contribution is -2.20. The van der Waals surface area contributed by atoms with Gasteiger partial charge in [-0.1, -0.05) is 6.92 Å². The minimum absolute atomic E-state index is 0.395. The van der Waals surface area contributed by atoms with Gasteiger partial charge < -0.3 is 5.32 Å². The van der Waals surface area contributed by atoms with Crippen LogP contribution in [0, 0.1) is 11.8 Å². The largest absolute Gasteiger partial charge is 0.308 e. The minimum Gasteiger partial charge on any atom is -0.308 e. The van der Waals surface area contributed by atoms with Crippen molar-refractivity contribution in [2.45, 2.75) is 32.7 Å². The maximum atomic E-state index is 3.58. The predicted octanol–water partition coefficient (Wildman–Crippen LogP) is 4.42. The molecule has 0 amide bonds. The molecular weight excluding hydrogens is 246 g/mol. The summed E-state index contributed by atoms with van der Waals surface area (Å²) in [7, 11) is 0. The minimum atomic E-state index is 0.395. The van der Waals surface area contributed by atoms with Crippen LogP contribution in [0.1, 0.15) is 37.6 Å². The van der Waals surface area contributed by atoms with E-state index in [1.165, 1.54) is 14.3 Å². The third-order valence-corrected chi connectivity index (χ3v) is 4.83. The Morgan fingerprint density at radius 3 is 3.00 bits per heavy atom. The van der Waals surface area contributed by atoms with Crippen LogP contribution in [0.5, 0.6) is 0 Å². The molecule has 1 N–H and O–H groups in total. The third kappa shape index (κ3) is 3.10. The second kappa shape index (κ2) is 6.20. The lowest BCUT2D eigenvalue weighted by Gasteiger charge is -2.13. The van der Waals surface area contributed by atoms with E-state index in [1.54, 1.807) is 0 Å². The maximum Gasteiger partial charge on any atom is 0.0526 e. The molecule has 0 aliphatic carbocycles. The van der Waals surface area contributed by atoms with E-state index in [9.17, 15) is 0 Å². The Bertz CT molecular complexity index is 498. The number of nitrogens with one attached hydrogen (secondary N) is 1. The van der Waals surface area contributed by atoms with Gasteiger partial charge in [0.15, 0.2) is 0 Å². The molecule has 0 aliphatic rings. The van der Waals surface area contributed by atoms with E-state index in [4.69, 9.17) is 0 Å². The summed E-state index contributed by atoms with van der Waals surface area (Å²) in [6.07, 6.45) is 2.07. The molecule has 2 rings (SSSR count). The number of hydrogen-bond acceptors (Lipinski definition) is 3. The van der Waals surface area contributed by atoms with Crippen LogP contribution in [0.25, 0.3) is 9.40 Å². The normalized spacial score (nSPS) is 12.4. The Balaban J connectivity index is 2.17. The van der Waals surface area contributed by atoms with E-state index in [0.717, 1.165) is 19.4 Å². The van der Waals surface area contributed by atoms with Gasteiger partial charge in [0, 0.05) is 20.7 Å². The SMILES string of the molecule is CC#CCC(NCCC)c1cc2sccc2s1. The van der Waals surface area contributed by atoms with E-state index < -0.39 is 0 Å². The molecule has 17 heavy (non-hydrogen) atoms. The first-order valence-corrected chi connectivity index (χ1v) is 7.64. The second-order valence-corrected chi connectivity index (χ2v) is 6.00. The summed E-state index contributed by atoms with van der Waals surface area (Å²) in [4.78, 5) is 1.42. The summed E-state index contributed by atoms with van der Waals surface area (Å²) in [5, 5.41) is 5.74. The summed E-state index contributed by atoms with van der Waals surface area (Å²) in [6.45, 7) is 5.16. The fourth-order valence-electron chi connectivity index (χ4n) is 1.75. The molecular formula is C14H17NS2. The van der Waals surface area contributed by atoms with Crippen molar-refractivity contribution < 1.29 is 0 Å². The van der Waals surface area contributed by atoms with Crippen molar-refractivity contribution in [2.24, 2.45) is 0 Å². The molecule has 1 nitrogen and oxygen atoms in total. The highest BCUT2D eigenvalue weighted by Gasteiger charge is 2.13. The van der Waals surface area contributed by atoms with Gasteiger partial charge in [0.2, 0.25) is 0 Å². The van der Waals surface area contributed by atoms with Crippen LogP contribution in [-0.2, 0) is 0 Å². The average Bonchev–Trinajstić information content (AvgIpc) is 2.89. The van der Waals surface area contributed by atoms with Crippen molar-refractivity contribution in [2.75, 3.05) is 6.54 Å². The van der Waals surface area contributed by atoms with Gasteiger partial charge in [-0.15, -0.1) is 34.5 Å². The zero-order valence-electron chi connectivity index (χ0n) is 10.2. The quantitative estimate of drug-likeness (QED) is 0.788. The van der Waals surface area contributed by atoms with Crippen molar-refractivity contribution in [1.29, 1.82) is 0 Å². The fourth-order valence-corrected chi connectivity index (χ4v) is 3.95. The fraction of sp³-hybridized carbons (Fsp3) is 0.429. The first kappa shape index (κ1) is 12.6. The van der Waals surface area contributed by atoms with E-state index in [-0.39, 0.29) is 0 Å². The lowest BCUT2D eigenvalue weighted by atomic mass is 10.1. The lowest BCUT2D eigenvalue weighted by molar-refractivity contribution is 0.550. The third-order valence-electron chi connectivity index (χ3n) is 2.63. The summed E-state index contributed by atoms with van der Waals surface area (Å²) in [5.74, 6) is 6.18. The molecule has 2 heterocycles. The molecule has 1 unspecified atom stereocenters. The van der Waals surface area contributed by atoms with Crippen LogP contribution < -0.4 is 5.32 Å². The molecule has 0 radical (unpaired) electrons. The molecule has 2 aromatic heterocycles. The molecule has 0 saturated carbocycles. The van der Waals surface area contributed by atoms with Gasteiger partial charge in [-0.3, -0.25) is 0 Å². The number of fused-ring (bicyclic) bond motifs is 1. The molecule has 0 aromatic carbocycles. The first-order valence-electron chi connectivity index (χ1n) is 5.95. The summed E-state index contributed by atoms with van der Waals surface area (Å²) in [6, 6.07) is 4.92. The van der Waals surface area contributed by atoms with Crippen LogP contribution in [0.2, 0.25) is 0 Å². The summed E-state index contributed by atoms with van der Waals surface area (Å²) >= 11 is 3.71.